The molecular weight excluding hydrogens is 267 g/mol. The molecule has 1 aromatic carbocycles. The van der Waals surface area contributed by atoms with Gasteiger partial charge in [-0.05, 0) is 33.8 Å². The summed E-state index contributed by atoms with van der Waals surface area (Å²) in [5.41, 5.74) is 1.37. The highest BCUT2D eigenvalue weighted by molar-refractivity contribution is 5.85. The van der Waals surface area contributed by atoms with Gasteiger partial charge in [-0.25, -0.2) is 0 Å². The van der Waals surface area contributed by atoms with Gasteiger partial charge in [0, 0.05) is 13.1 Å². The average molecular weight is 293 g/mol. The van der Waals surface area contributed by atoms with Gasteiger partial charge in [-0.3, -0.25) is 0 Å². The summed E-state index contributed by atoms with van der Waals surface area (Å²) >= 11 is 0. The van der Waals surface area contributed by atoms with Crippen LogP contribution in [0.15, 0.2) is 43.0 Å². The molecule has 0 saturated heterocycles. The van der Waals surface area contributed by atoms with Crippen molar-refractivity contribution in [2.45, 2.75) is 6.54 Å². The minimum Gasteiger partial charge on any atom is -0.306 e. The maximum atomic E-state index is 3.56. The fourth-order valence-corrected chi connectivity index (χ4v) is 1.21. The van der Waals surface area contributed by atoms with Crippen LogP contribution in [-0.4, -0.2) is 44.5 Å². The molecule has 0 aromatic heterocycles. The van der Waals surface area contributed by atoms with Crippen molar-refractivity contribution in [3.05, 3.63) is 48.6 Å². The maximum Gasteiger partial charge on any atom is 0.0227 e. The van der Waals surface area contributed by atoms with E-state index in [1.54, 1.807) is 0 Å². The summed E-state index contributed by atoms with van der Waals surface area (Å²) in [4.78, 5) is 4.22. The summed E-state index contributed by atoms with van der Waals surface area (Å²) in [6.07, 6.45) is 1.88. The van der Waals surface area contributed by atoms with Crippen molar-refractivity contribution in [2.24, 2.45) is 0 Å². The topological polar surface area (TPSA) is 6.48 Å². The molecule has 2 nitrogen and oxygen atoms in total. The molecule has 1 aromatic rings. The summed E-state index contributed by atoms with van der Waals surface area (Å²) in [6.45, 7) is 5.56. The molecule has 0 radical (unpaired) electrons. The van der Waals surface area contributed by atoms with Gasteiger partial charge in [0.25, 0.3) is 0 Å². The Morgan fingerprint density at radius 3 is 1.72 bits per heavy atom. The van der Waals surface area contributed by atoms with Crippen LogP contribution in [0.5, 0.6) is 0 Å². The maximum absolute atomic E-state index is 3.56. The van der Waals surface area contributed by atoms with Gasteiger partial charge in [0.05, 0.1) is 0 Å². The number of rotatable bonds is 4. The van der Waals surface area contributed by atoms with Crippen LogP contribution in [0.1, 0.15) is 5.56 Å². The Balaban J connectivity index is -0.000000250. The molecule has 106 valence electrons. The van der Waals surface area contributed by atoms with Gasteiger partial charge in [0.15, 0.2) is 0 Å². The lowest BCUT2D eigenvalue weighted by Gasteiger charge is -2.08. The second-order valence-corrected chi connectivity index (χ2v) is 4.27. The SMILES string of the molecule is C=CCN(C)C.CN(C)Cc1ccccc1.Cl.Cl. The molecule has 0 heterocycles. The number of benzene rings is 1. The van der Waals surface area contributed by atoms with Crippen LogP contribution in [0.4, 0.5) is 0 Å². The highest BCUT2D eigenvalue weighted by atomic mass is 35.5. The summed E-state index contributed by atoms with van der Waals surface area (Å²) in [5.74, 6) is 0. The second kappa shape index (κ2) is 14.5. The molecule has 4 heteroatoms. The van der Waals surface area contributed by atoms with Crippen molar-refractivity contribution in [3.63, 3.8) is 0 Å². The molecule has 1 rings (SSSR count). The van der Waals surface area contributed by atoms with Gasteiger partial charge in [-0.15, -0.1) is 31.4 Å². The third-order valence-corrected chi connectivity index (χ3v) is 1.84. The van der Waals surface area contributed by atoms with Crippen molar-refractivity contribution >= 4 is 24.8 Å². The molecule has 0 aliphatic rings. The van der Waals surface area contributed by atoms with Gasteiger partial charge in [-0.1, -0.05) is 36.4 Å². The van der Waals surface area contributed by atoms with E-state index in [-0.39, 0.29) is 24.8 Å². The lowest BCUT2D eigenvalue weighted by molar-refractivity contribution is 0.402. The Morgan fingerprint density at radius 2 is 1.44 bits per heavy atom. The Bertz CT molecular complexity index is 274. The highest BCUT2D eigenvalue weighted by Gasteiger charge is 1.90. The molecule has 0 amide bonds. The summed E-state index contributed by atoms with van der Waals surface area (Å²) in [6, 6.07) is 10.5. The number of nitrogens with zero attached hydrogens (tertiary/aromatic N) is 2. The lowest BCUT2D eigenvalue weighted by atomic mass is 10.2. The molecular formula is C14H26Cl2N2. The minimum atomic E-state index is 0. The summed E-state index contributed by atoms with van der Waals surface area (Å²) in [7, 11) is 8.18. The zero-order valence-corrected chi connectivity index (χ0v) is 13.4. The van der Waals surface area contributed by atoms with E-state index in [0.717, 1.165) is 13.1 Å². The summed E-state index contributed by atoms with van der Waals surface area (Å²) < 4.78 is 0. The van der Waals surface area contributed by atoms with Crippen LogP contribution in [-0.2, 0) is 6.54 Å². The van der Waals surface area contributed by atoms with Crippen LogP contribution in [0.25, 0.3) is 0 Å². The van der Waals surface area contributed by atoms with E-state index in [9.17, 15) is 0 Å². The first kappa shape index (κ1) is 22.6. The Hall–Kier alpha value is -0.540. The van der Waals surface area contributed by atoms with Crippen molar-refractivity contribution in [1.29, 1.82) is 0 Å². The Morgan fingerprint density at radius 1 is 0.944 bits per heavy atom. The highest BCUT2D eigenvalue weighted by Crippen LogP contribution is 1.99. The third-order valence-electron chi connectivity index (χ3n) is 1.84. The second-order valence-electron chi connectivity index (χ2n) is 4.27. The largest absolute Gasteiger partial charge is 0.306 e. The van der Waals surface area contributed by atoms with Crippen molar-refractivity contribution < 1.29 is 0 Å². The van der Waals surface area contributed by atoms with Crippen LogP contribution in [0.2, 0.25) is 0 Å². The number of halogens is 2. The first-order valence-corrected chi connectivity index (χ1v) is 5.50. The van der Waals surface area contributed by atoms with Crippen LogP contribution >= 0.6 is 24.8 Å². The predicted octanol–water partition coefficient (Wildman–Crippen LogP) is 3.33. The van der Waals surface area contributed by atoms with Crippen molar-refractivity contribution in [1.82, 2.24) is 9.80 Å². The molecule has 0 saturated carbocycles. The van der Waals surface area contributed by atoms with Crippen LogP contribution < -0.4 is 0 Å². The lowest BCUT2D eigenvalue weighted by Crippen LogP contribution is -2.10. The first-order chi connectivity index (χ1) is 7.56. The fourth-order valence-electron chi connectivity index (χ4n) is 1.21. The molecule has 0 bridgehead atoms. The smallest absolute Gasteiger partial charge is 0.0227 e. The van der Waals surface area contributed by atoms with E-state index in [0.29, 0.717) is 0 Å². The van der Waals surface area contributed by atoms with Gasteiger partial charge in [0.1, 0.15) is 0 Å². The van der Waals surface area contributed by atoms with E-state index >= 15 is 0 Å². The number of likely N-dealkylation sites (N-methyl/N-ethyl adjacent to an activating group) is 1. The molecule has 0 atom stereocenters. The van der Waals surface area contributed by atoms with Gasteiger partial charge in [-0.2, -0.15) is 0 Å². The predicted molar refractivity (Wildman–Crippen MR) is 87.1 cm³/mol. The normalized spacial score (nSPS) is 8.78. The van der Waals surface area contributed by atoms with Gasteiger partial charge in [0.2, 0.25) is 0 Å². The molecule has 0 fully saturated rings. The average Bonchev–Trinajstić information content (AvgIpc) is 2.18. The monoisotopic (exact) mass is 292 g/mol. The number of hydrogen-bond donors (Lipinski definition) is 0. The molecule has 0 spiro atoms. The van der Waals surface area contributed by atoms with E-state index < -0.39 is 0 Å². The molecule has 0 aliphatic heterocycles. The molecule has 0 N–H and O–H groups in total. The Kier molecular flexibility index (Phi) is 18.3. The minimum absolute atomic E-state index is 0. The fraction of sp³-hybridized carbons (Fsp3) is 0.429. The Labute approximate surface area is 124 Å². The molecule has 0 unspecified atom stereocenters. The van der Waals surface area contributed by atoms with Crippen LogP contribution in [0.3, 0.4) is 0 Å². The summed E-state index contributed by atoms with van der Waals surface area (Å²) in [5, 5.41) is 0. The standard InChI is InChI=1S/C9H13N.C5H11N.2ClH/c1-10(2)8-9-6-4-3-5-7-9;1-4-5-6(2)3;;/h3-7H,8H2,1-2H3;4H,1,5H2,2-3H3;2*1H. The van der Waals surface area contributed by atoms with Gasteiger partial charge < -0.3 is 9.80 Å². The zero-order chi connectivity index (χ0) is 12.4. The van der Waals surface area contributed by atoms with Crippen molar-refractivity contribution in [2.75, 3.05) is 34.7 Å². The van der Waals surface area contributed by atoms with E-state index in [1.165, 1.54) is 5.56 Å². The quantitative estimate of drug-likeness (QED) is 0.786. The molecule has 18 heavy (non-hydrogen) atoms. The first-order valence-electron chi connectivity index (χ1n) is 5.50. The van der Waals surface area contributed by atoms with E-state index in [2.05, 4.69) is 54.7 Å². The van der Waals surface area contributed by atoms with E-state index in [1.807, 2.05) is 26.2 Å². The number of hydrogen-bond acceptors (Lipinski definition) is 2. The van der Waals surface area contributed by atoms with Gasteiger partial charge >= 0.3 is 0 Å². The zero-order valence-electron chi connectivity index (χ0n) is 11.8. The van der Waals surface area contributed by atoms with Crippen LogP contribution in [0, 0.1) is 0 Å². The van der Waals surface area contributed by atoms with E-state index in [4.69, 9.17) is 0 Å². The third kappa shape index (κ3) is 15.5. The van der Waals surface area contributed by atoms with Crippen molar-refractivity contribution in [3.8, 4) is 0 Å². The molecule has 0 aliphatic carbocycles.